The molecular formula is C14H15BrN2O2. The average molecular weight is 323 g/mol. The number of halogens is 1. The summed E-state index contributed by atoms with van der Waals surface area (Å²) in [6.07, 6.45) is 2.95. The van der Waals surface area contributed by atoms with E-state index in [0.717, 1.165) is 48.1 Å². The Hall–Kier alpha value is -1.36. The van der Waals surface area contributed by atoms with Crippen molar-refractivity contribution in [2.75, 3.05) is 13.1 Å². The second kappa shape index (κ2) is 5.33. The van der Waals surface area contributed by atoms with E-state index in [-0.39, 0.29) is 12.0 Å². The second-order valence-electron chi connectivity index (χ2n) is 4.89. The van der Waals surface area contributed by atoms with Crippen molar-refractivity contribution in [3.05, 3.63) is 35.4 Å². The maximum Gasteiger partial charge on any atom is 0.253 e. The number of carbonyl (C=O) groups excluding carboxylic acids is 1. The zero-order valence-corrected chi connectivity index (χ0v) is 12.1. The van der Waals surface area contributed by atoms with Crippen molar-refractivity contribution in [3.63, 3.8) is 0 Å². The molecule has 0 bridgehead atoms. The van der Waals surface area contributed by atoms with Crippen LogP contribution in [0.3, 0.4) is 0 Å². The number of hydrogen-bond donors (Lipinski definition) is 0. The van der Waals surface area contributed by atoms with Gasteiger partial charge in [-0.2, -0.15) is 0 Å². The molecule has 0 spiro atoms. The lowest BCUT2D eigenvalue weighted by Gasteiger charge is -2.15. The van der Waals surface area contributed by atoms with Crippen LogP contribution in [0.2, 0.25) is 0 Å². The summed E-state index contributed by atoms with van der Waals surface area (Å²) < 4.78 is 0.828. The third kappa shape index (κ3) is 2.66. The number of likely N-dealkylation sites (tertiary alicyclic amines) is 1. The van der Waals surface area contributed by atoms with Gasteiger partial charge >= 0.3 is 0 Å². The molecule has 0 aliphatic carbocycles. The Balaban J connectivity index is 1.70. The molecule has 1 aromatic rings. The SMILES string of the molecule is O=C(c1ccc([C@H]2CC(Br)=NO2)cc1)N1CCCC1. The third-order valence-electron chi connectivity index (χ3n) is 3.56. The predicted molar refractivity (Wildman–Crippen MR) is 76.4 cm³/mol. The summed E-state index contributed by atoms with van der Waals surface area (Å²) in [5, 5.41) is 3.87. The highest BCUT2D eigenvalue weighted by Gasteiger charge is 2.23. The Kier molecular flexibility index (Phi) is 3.55. The monoisotopic (exact) mass is 322 g/mol. The van der Waals surface area contributed by atoms with Gasteiger partial charge in [0.25, 0.3) is 5.91 Å². The van der Waals surface area contributed by atoms with Crippen molar-refractivity contribution in [3.8, 4) is 0 Å². The van der Waals surface area contributed by atoms with Gasteiger partial charge in [0, 0.05) is 25.1 Å². The molecule has 0 unspecified atom stereocenters. The third-order valence-corrected chi connectivity index (χ3v) is 4.02. The molecule has 1 amide bonds. The van der Waals surface area contributed by atoms with Gasteiger partial charge in [0.1, 0.15) is 4.62 Å². The number of nitrogens with zero attached hydrogens (tertiary/aromatic N) is 2. The van der Waals surface area contributed by atoms with Gasteiger partial charge < -0.3 is 9.74 Å². The Bertz CT molecular complexity index is 507. The number of amides is 1. The summed E-state index contributed by atoms with van der Waals surface area (Å²) in [7, 11) is 0. The summed E-state index contributed by atoms with van der Waals surface area (Å²) in [5.74, 6) is 0.133. The molecule has 0 aromatic heterocycles. The molecule has 100 valence electrons. The van der Waals surface area contributed by atoms with Gasteiger partial charge in [-0.25, -0.2) is 0 Å². The topological polar surface area (TPSA) is 41.9 Å². The van der Waals surface area contributed by atoms with Crippen LogP contribution < -0.4 is 0 Å². The molecule has 19 heavy (non-hydrogen) atoms. The van der Waals surface area contributed by atoms with Crippen molar-refractivity contribution < 1.29 is 9.63 Å². The van der Waals surface area contributed by atoms with Gasteiger partial charge in [0.05, 0.1) is 0 Å². The fourth-order valence-corrected chi connectivity index (χ4v) is 2.85. The highest BCUT2D eigenvalue weighted by atomic mass is 79.9. The van der Waals surface area contributed by atoms with Gasteiger partial charge in [-0.15, -0.1) is 0 Å². The minimum atomic E-state index is -0.0367. The normalized spacial score (nSPS) is 22.3. The zero-order chi connectivity index (χ0) is 13.2. The number of oxime groups is 1. The first-order chi connectivity index (χ1) is 9.24. The van der Waals surface area contributed by atoms with Crippen molar-refractivity contribution in [1.29, 1.82) is 0 Å². The van der Waals surface area contributed by atoms with Crippen LogP contribution in [0.4, 0.5) is 0 Å². The van der Waals surface area contributed by atoms with E-state index >= 15 is 0 Å². The minimum Gasteiger partial charge on any atom is -0.386 e. The lowest BCUT2D eigenvalue weighted by atomic mass is 10.0. The number of benzene rings is 1. The maximum atomic E-state index is 12.2. The number of carbonyl (C=O) groups is 1. The molecule has 0 saturated carbocycles. The van der Waals surface area contributed by atoms with Gasteiger partial charge in [-0.3, -0.25) is 4.79 Å². The van der Waals surface area contributed by atoms with E-state index < -0.39 is 0 Å². The molecule has 0 radical (unpaired) electrons. The molecule has 5 heteroatoms. The summed E-state index contributed by atoms with van der Waals surface area (Å²) in [6, 6.07) is 7.67. The summed E-state index contributed by atoms with van der Waals surface area (Å²) in [4.78, 5) is 19.4. The highest BCUT2D eigenvalue weighted by molar-refractivity contribution is 9.18. The molecular weight excluding hydrogens is 308 g/mol. The largest absolute Gasteiger partial charge is 0.386 e. The smallest absolute Gasteiger partial charge is 0.253 e. The van der Waals surface area contributed by atoms with Crippen molar-refractivity contribution >= 4 is 26.5 Å². The Morgan fingerprint density at radius 1 is 1.26 bits per heavy atom. The molecule has 2 aliphatic rings. The van der Waals surface area contributed by atoms with E-state index in [4.69, 9.17) is 4.84 Å². The Morgan fingerprint density at radius 3 is 2.53 bits per heavy atom. The molecule has 3 rings (SSSR count). The van der Waals surface area contributed by atoms with Crippen LogP contribution in [-0.2, 0) is 4.84 Å². The van der Waals surface area contributed by atoms with Crippen molar-refractivity contribution in [1.82, 2.24) is 4.90 Å². The fraction of sp³-hybridized carbons (Fsp3) is 0.429. The van der Waals surface area contributed by atoms with Crippen LogP contribution in [0.5, 0.6) is 0 Å². The molecule has 1 atom stereocenters. The Morgan fingerprint density at radius 2 is 1.95 bits per heavy atom. The van der Waals surface area contributed by atoms with Crippen molar-refractivity contribution in [2.45, 2.75) is 25.4 Å². The first-order valence-electron chi connectivity index (χ1n) is 6.51. The van der Waals surface area contributed by atoms with Crippen LogP contribution in [0, 0.1) is 0 Å². The Labute approximate surface area is 120 Å². The summed E-state index contributed by atoms with van der Waals surface area (Å²) >= 11 is 3.32. The molecule has 4 nitrogen and oxygen atoms in total. The average Bonchev–Trinajstić information content (AvgIpc) is 3.09. The van der Waals surface area contributed by atoms with Crippen LogP contribution in [0.1, 0.15) is 41.3 Å². The zero-order valence-electron chi connectivity index (χ0n) is 10.5. The number of rotatable bonds is 2. The lowest BCUT2D eigenvalue weighted by molar-refractivity contribution is 0.0790. The summed E-state index contributed by atoms with van der Waals surface area (Å²) in [6.45, 7) is 1.76. The maximum absolute atomic E-state index is 12.2. The van der Waals surface area contributed by atoms with E-state index in [0.29, 0.717) is 0 Å². The lowest BCUT2D eigenvalue weighted by Crippen LogP contribution is -2.27. The quantitative estimate of drug-likeness (QED) is 0.839. The minimum absolute atomic E-state index is 0.0367. The molecule has 1 aromatic carbocycles. The van der Waals surface area contributed by atoms with E-state index in [1.807, 2.05) is 29.2 Å². The molecule has 1 fully saturated rings. The van der Waals surface area contributed by atoms with E-state index in [1.54, 1.807) is 0 Å². The second-order valence-corrected chi connectivity index (χ2v) is 5.80. The molecule has 2 heterocycles. The first-order valence-corrected chi connectivity index (χ1v) is 7.31. The molecule has 0 N–H and O–H groups in total. The standard InChI is InChI=1S/C14H15BrN2O2/c15-13-9-12(19-16-13)10-3-5-11(6-4-10)14(18)17-7-1-2-8-17/h3-6,12H,1-2,7-9H2/t12-/m1/s1. The van der Waals surface area contributed by atoms with E-state index in [2.05, 4.69) is 21.1 Å². The van der Waals surface area contributed by atoms with Gasteiger partial charge in [0.2, 0.25) is 0 Å². The van der Waals surface area contributed by atoms with Crippen LogP contribution in [0.15, 0.2) is 29.4 Å². The van der Waals surface area contributed by atoms with Crippen molar-refractivity contribution in [2.24, 2.45) is 5.16 Å². The van der Waals surface area contributed by atoms with E-state index in [9.17, 15) is 4.79 Å². The molecule has 2 aliphatic heterocycles. The van der Waals surface area contributed by atoms with Gasteiger partial charge in [0.15, 0.2) is 6.10 Å². The van der Waals surface area contributed by atoms with Gasteiger partial charge in [-0.1, -0.05) is 17.3 Å². The van der Waals surface area contributed by atoms with E-state index in [1.165, 1.54) is 0 Å². The number of hydrogen-bond acceptors (Lipinski definition) is 3. The molecule has 1 saturated heterocycles. The van der Waals surface area contributed by atoms with Crippen LogP contribution >= 0.6 is 15.9 Å². The van der Waals surface area contributed by atoms with Crippen LogP contribution in [-0.4, -0.2) is 28.5 Å². The van der Waals surface area contributed by atoms with Gasteiger partial charge in [-0.05, 0) is 46.5 Å². The highest BCUT2D eigenvalue weighted by Crippen LogP contribution is 2.29. The summed E-state index contributed by atoms with van der Waals surface area (Å²) in [5.41, 5.74) is 1.81. The van der Waals surface area contributed by atoms with Crippen LogP contribution in [0.25, 0.3) is 0 Å². The predicted octanol–water partition coefficient (Wildman–Crippen LogP) is 3.09. The fourth-order valence-electron chi connectivity index (χ4n) is 2.47. The first kappa shape index (κ1) is 12.7.